The van der Waals surface area contributed by atoms with E-state index in [0.717, 1.165) is 42.3 Å². The van der Waals surface area contributed by atoms with E-state index in [1.165, 1.54) is 34.2 Å². The van der Waals surface area contributed by atoms with Gasteiger partial charge in [0.25, 0.3) is 5.56 Å². The molecule has 2 N–H and O–H groups in total. The van der Waals surface area contributed by atoms with Crippen molar-refractivity contribution in [2.75, 3.05) is 5.75 Å². The first-order chi connectivity index (χ1) is 14.1. The van der Waals surface area contributed by atoms with Crippen molar-refractivity contribution >= 4 is 39.2 Å². The molecular weight excluding hydrogens is 402 g/mol. The molecule has 1 aliphatic rings. The smallest absolute Gasteiger partial charge is 0.260 e. The highest BCUT2D eigenvalue weighted by Crippen LogP contribution is 2.34. The molecule has 1 aromatic carbocycles. The van der Waals surface area contributed by atoms with Crippen LogP contribution in [0, 0.1) is 0 Å². The Labute approximate surface area is 178 Å². The molecule has 0 aliphatic heterocycles. The number of benzene rings is 1. The molecule has 2 aromatic heterocycles. The fraction of sp³-hybridized carbons (Fsp3) is 0.409. The summed E-state index contributed by atoms with van der Waals surface area (Å²) >= 11 is 2.92. The number of hydrogen-bond donors (Lipinski definition) is 2. The third-order valence-electron chi connectivity index (χ3n) is 5.26. The number of thioether (sulfide) groups is 1. The number of aromatic nitrogens is 2. The number of rotatable bonds is 7. The minimum atomic E-state index is -0.0754. The first-order valence-electron chi connectivity index (χ1n) is 10.1. The Hall–Kier alpha value is -2.12. The Morgan fingerprint density at radius 3 is 2.90 bits per heavy atom. The van der Waals surface area contributed by atoms with Crippen molar-refractivity contribution < 1.29 is 4.79 Å². The number of carbonyl (C=O) groups is 1. The number of nitrogens with one attached hydrogen (secondary N) is 2. The highest BCUT2D eigenvalue weighted by atomic mass is 32.2. The van der Waals surface area contributed by atoms with E-state index >= 15 is 0 Å². The fourth-order valence-corrected chi connectivity index (χ4v) is 5.75. The maximum Gasteiger partial charge on any atom is 0.260 e. The van der Waals surface area contributed by atoms with E-state index in [9.17, 15) is 9.59 Å². The Balaban J connectivity index is 1.33. The molecule has 0 saturated heterocycles. The summed E-state index contributed by atoms with van der Waals surface area (Å²) in [6.45, 7) is 2.02. The van der Waals surface area contributed by atoms with Crippen molar-refractivity contribution in [1.82, 2.24) is 15.3 Å². The first-order valence-corrected chi connectivity index (χ1v) is 11.9. The van der Waals surface area contributed by atoms with Crippen LogP contribution in [0.5, 0.6) is 0 Å². The lowest BCUT2D eigenvalue weighted by Crippen LogP contribution is -2.34. The summed E-state index contributed by atoms with van der Waals surface area (Å²) in [6, 6.07) is 10.4. The van der Waals surface area contributed by atoms with Gasteiger partial charge in [-0.05, 0) is 56.6 Å². The Morgan fingerprint density at radius 1 is 1.28 bits per heavy atom. The molecule has 0 bridgehead atoms. The minimum absolute atomic E-state index is 0.0382. The van der Waals surface area contributed by atoms with Gasteiger partial charge < -0.3 is 10.3 Å². The van der Waals surface area contributed by atoms with Crippen LogP contribution in [-0.2, 0) is 24.1 Å². The molecule has 0 spiro atoms. The fourth-order valence-electron chi connectivity index (χ4n) is 3.76. The largest absolute Gasteiger partial charge is 0.353 e. The van der Waals surface area contributed by atoms with Crippen LogP contribution in [-0.4, -0.2) is 27.7 Å². The number of carbonyl (C=O) groups excluding carboxylic acids is 1. The third kappa shape index (κ3) is 4.90. The molecule has 1 atom stereocenters. The minimum Gasteiger partial charge on any atom is -0.353 e. The van der Waals surface area contributed by atoms with Crippen LogP contribution in [0.15, 0.2) is 40.3 Å². The molecule has 3 aromatic rings. The number of H-pyrrole nitrogens is 1. The van der Waals surface area contributed by atoms with E-state index in [4.69, 9.17) is 0 Å². The van der Waals surface area contributed by atoms with Gasteiger partial charge >= 0.3 is 0 Å². The van der Waals surface area contributed by atoms with Gasteiger partial charge in [0.15, 0.2) is 5.16 Å². The average molecular weight is 428 g/mol. The van der Waals surface area contributed by atoms with Gasteiger partial charge in [-0.15, -0.1) is 11.3 Å². The van der Waals surface area contributed by atoms with Gasteiger partial charge in [0, 0.05) is 10.9 Å². The Morgan fingerprint density at radius 2 is 2.07 bits per heavy atom. The standard InChI is InChI=1S/C22H25N3O2S2/c1-14(11-12-15-7-3-2-4-8-15)23-18(26)13-28-22-24-20(27)19-16-9-5-6-10-17(16)29-21(19)25-22/h2-4,7-8,14H,5-6,9-13H2,1H3,(H,23,26)(H,24,25,27). The second-order valence-corrected chi connectivity index (χ2v) is 9.59. The van der Waals surface area contributed by atoms with Crippen LogP contribution >= 0.6 is 23.1 Å². The summed E-state index contributed by atoms with van der Waals surface area (Å²) in [5.41, 5.74) is 2.39. The van der Waals surface area contributed by atoms with Gasteiger partial charge in [-0.3, -0.25) is 9.59 Å². The number of thiophene rings is 1. The van der Waals surface area contributed by atoms with Crippen LogP contribution in [0.1, 0.15) is 42.2 Å². The van der Waals surface area contributed by atoms with Gasteiger partial charge in [-0.2, -0.15) is 0 Å². The van der Waals surface area contributed by atoms with E-state index in [-0.39, 0.29) is 23.3 Å². The predicted octanol–water partition coefficient (Wildman–Crippen LogP) is 4.09. The zero-order chi connectivity index (χ0) is 20.2. The SMILES string of the molecule is CC(CCc1ccccc1)NC(=O)CSc1nc2sc3c(c2c(=O)[nH]1)CCCC3. The van der Waals surface area contributed by atoms with Crippen molar-refractivity contribution in [2.45, 2.75) is 56.6 Å². The molecule has 0 fully saturated rings. The number of amides is 1. The maximum absolute atomic E-state index is 12.6. The first kappa shape index (κ1) is 20.2. The van der Waals surface area contributed by atoms with Gasteiger partial charge in [-0.1, -0.05) is 42.1 Å². The molecule has 5 nitrogen and oxygen atoms in total. The number of aromatic amines is 1. The van der Waals surface area contributed by atoms with Crippen LogP contribution in [0.3, 0.4) is 0 Å². The Kier molecular flexibility index (Phi) is 6.35. The lowest BCUT2D eigenvalue weighted by atomic mass is 9.97. The van der Waals surface area contributed by atoms with Crippen molar-refractivity contribution in [3.05, 3.63) is 56.7 Å². The van der Waals surface area contributed by atoms with Gasteiger partial charge in [0.1, 0.15) is 4.83 Å². The molecular formula is C22H25N3O2S2. The second-order valence-electron chi connectivity index (χ2n) is 7.54. The zero-order valence-electron chi connectivity index (χ0n) is 16.5. The summed E-state index contributed by atoms with van der Waals surface area (Å²) in [4.78, 5) is 34.5. The van der Waals surface area contributed by atoms with Gasteiger partial charge in [-0.25, -0.2) is 4.98 Å². The third-order valence-corrected chi connectivity index (χ3v) is 7.32. The van der Waals surface area contributed by atoms with Crippen molar-refractivity contribution in [3.63, 3.8) is 0 Å². The van der Waals surface area contributed by atoms with E-state index in [0.29, 0.717) is 5.16 Å². The quantitative estimate of drug-likeness (QED) is 0.440. The molecule has 1 aliphatic carbocycles. The van der Waals surface area contributed by atoms with Crippen molar-refractivity contribution in [3.8, 4) is 0 Å². The molecule has 1 unspecified atom stereocenters. The molecule has 4 rings (SSSR count). The molecule has 2 heterocycles. The molecule has 7 heteroatoms. The topological polar surface area (TPSA) is 74.8 Å². The predicted molar refractivity (Wildman–Crippen MR) is 120 cm³/mol. The van der Waals surface area contributed by atoms with Crippen molar-refractivity contribution in [1.29, 1.82) is 0 Å². The van der Waals surface area contributed by atoms with Crippen LogP contribution < -0.4 is 10.9 Å². The van der Waals surface area contributed by atoms with Crippen LogP contribution in [0.2, 0.25) is 0 Å². The highest BCUT2D eigenvalue weighted by Gasteiger charge is 2.20. The number of fused-ring (bicyclic) bond motifs is 3. The summed E-state index contributed by atoms with van der Waals surface area (Å²) < 4.78 is 0. The maximum atomic E-state index is 12.6. The molecule has 0 saturated carbocycles. The monoisotopic (exact) mass is 427 g/mol. The van der Waals surface area contributed by atoms with Crippen LogP contribution in [0.4, 0.5) is 0 Å². The Bertz CT molecular complexity index is 1060. The summed E-state index contributed by atoms with van der Waals surface area (Å²) in [5, 5.41) is 4.31. The van der Waals surface area contributed by atoms with E-state index < -0.39 is 0 Å². The van der Waals surface area contributed by atoms with E-state index in [2.05, 4.69) is 27.4 Å². The number of nitrogens with zero attached hydrogens (tertiary/aromatic N) is 1. The molecule has 152 valence electrons. The zero-order valence-corrected chi connectivity index (χ0v) is 18.1. The number of aryl methyl sites for hydroxylation is 3. The second kappa shape index (κ2) is 9.13. The highest BCUT2D eigenvalue weighted by molar-refractivity contribution is 7.99. The van der Waals surface area contributed by atoms with Crippen LogP contribution in [0.25, 0.3) is 10.2 Å². The summed E-state index contributed by atoms with van der Waals surface area (Å²) in [5.74, 6) is 0.207. The lowest BCUT2D eigenvalue weighted by molar-refractivity contribution is -0.119. The number of hydrogen-bond acceptors (Lipinski definition) is 5. The lowest BCUT2D eigenvalue weighted by Gasteiger charge is -2.13. The average Bonchev–Trinajstić information content (AvgIpc) is 3.10. The van der Waals surface area contributed by atoms with Gasteiger partial charge in [0.05, 0.1) is 11.1 Å². The van der Waals surface area contributed by atoms with E-state index in [1.54, 1.807) is 11.3 Å². The summed E-state index contributed by atoms with van der Waals surface area (Å²) in [7, 11) is 0. The van der Waals surface area contributed by atoms with Crippen molar-refractivity contribution in [2.24, 2.45) is 0 Å². The molecule has 1 amide bonds. The van der Waals surface area contributed by atoms with E-state index in [1.807, 2.05) is 25.1 Å². The normalized spacial score (nSPS) is 14.5. The summed E-state index contributed by atoms with van der Waals surface area (Å²) in [6.07, 6.45) is 6.16. The van der Waals surface area contributed by atoms with Gasteiger partial charge in [0.2, 0.25) is 5.91 Å². The molecule has 29 heavy (non-hydrogen) atoms. The molecule has 0 radical (unpaired) electrons.